The zero-order chi connectivity index (χ0) is 13.5. The van der Waals surface area contributed by atoms with Crippen LogP contribution >= 0.6 is 11.3 Å². The first-order valence-electron chi connectivity index (χ1n) is 6.20. The van der Waals surface area contributed by atoms with Crippen molar-refractivity contribution in [1.29, 1.82) is 0 Å². The zero-order valence-electron chi connectivity index (χ0n) is 10.6. The van der Waals surface area contributed by atoms with E-state index in [1.165, 1.54) is 0 Å². The number of amides is 1. The van der Waals surface area contributed by atoms with Gasteiger partial charge in [-0.05, 0) is 12.0 Å². The summed E-state index contributed by atoms with van der Waals surface area (Å²) in [6.07, 6.45) is 1.30. The Morgan fingerprint density at radius 1 is 1.37 bits per heavy atom. The number of hydrogen-bond donors (Lipinski definition) is 2. The molecule has 1 amide bonds. The Morgan fingerprint density at radius 2 is 2.16 bits per heavy atom. The van der Waals surface area contributed by atoms with Crippen molar-refractivity contribution < 1.29 is 4.79 Å². The number of carbonyl (C=O) groups excluding carboxylic acids is 1. The lowest BCUT2D eigenvalue weighted by atomic mass is 10.1. The molecule has 0 saturated carbocycles. The molecular weight excluding hydrogens is 258 g/mol. The van der Waals surface area contributed by atoms with Gasteiger partial charge in [-0.1, -0.05) is 30.3 Å². The molecule has 0 unspecified atom stereocenters. The van der Waals surface area contributed by atoms with Crippen molar-refractivity contribution in [2.75, 3.05) is 6.54 Å². The lowest BCUT2D eigenvalue weighted by Crippen LogP contribution is -2.42. The second kappa shape index (κ2) is 7.01. The number of aromatic nitrogens is 1. The SMILES string of the molecule is N[C@H](Cc1ccccc1)C(=O)NCCc1cscn1. The lowest BCUT2D eigenvalue weighted by Gasteiger charge is -2.11. The monoisotopic (exact) mass is 275 g/mol. The molecule has 0 aliphatic heterocycles. The average Bonchev–Trinajstić information content (AvgIpc) is 2.93. The number of nitrogens with two attached hydrogens (primary N) is 1. The van der Waals surface area contributed by atoms with Crippen molar-refractivity contribution in [1.82, 2.24) is 10.3 Å². The van der Waals surface area contributed by atoms with Crippen LogP contribution in [0.2, 0.25) is 0 Å². The molecule has 1 heterocycles. The van der Waals surface area contributed by atoms with Gasteiger partial charge in [0.25, 0.3) is 0 Å². The van der Waals surface area contributed by atoms with E-state index in [1.54, 1.807) is 16.8 Å². The number of benzene rings is 1. The molecule has 1 atom stereocenters. The van der Waals surface area contributed by atoms with Crippen LogP contribution in [0.3, 0.4) is 0 Å². The van der Waals surface area contributed by atoms with Crippen LogP contribution in [0.5, 0.6) is 0 Å². The second-order valence-electron chi connectivity index (χ2n) is 4.32. The fraction of sp³-hybridized carbons (Fsp3) is 0.286. The number of thiazole rings is 1. The highest BCUT2D eigenvalue weighted by atomic mass is 32.1. The Kier molecular flexibility index (Phi) is 5.06. The quantitative estimate of drug-likeness (QED) is 0.836. The van der Waals surface area contributed by atoms with Gasteiger partial charge in [0.1, 0.15) is 0 Å². The minimum absolute atomic E-state index is 0.112. The summed E-state index contributed by atoms with van der Waals surface area (Å²) in [5, 5.41) is 4.82. The predicted molar refractivity (Wildman–Crippen MR) is 76.9 cm³/mol. The van der Waals surface area contributed by atoms with Crippen LogP contribution in [-0.4, -0.2) is 23.5 Å². The van der Waals surface area contributed by atoms with E-state index < -0.39 is 6.04 Å². The Bertz CT molecular complexity index is 499. The van der Waals surface area contributed by atoms with Crippen molar-refractivity contribution in [3.63, 3.8) is 0 Å². The van der Waals surface area contributed by atoms with Gasteiger partial charge in [-0.25, -0.2) is 4.98 Å². The largest absolute Gasteiger partial charge is 0.354 e. The van der Waals surface area contributed by atoms with E-state index in [0.717, 1.165) is 17.7 Å². The molecule has 0 fully saturated rings. The Hall–Kier alpha value is -1.72. The van der Waals surface area contributed by atoms with Gasteiger partial charge in [0, 0.05) is 18.3 Å². The molecule has 19 heavy (non-hydrogen) atoms. The molecular formula is C14H17N3OS. The number of rotatable bonds is 6. The van der Waals surface area contributed by atoms with E-state index >= 15 is 0 Å². The molecule has 2 aromatic rings. The van der Waals surface area contributed by atoms with Crippen LogP contribution in [0.15, 0.2) is 41.2 Å². The van der Waals surface area contributed by atoms with Crippen LogP contribution in [0.25, 0.3) is 0 Å². The van der Waals surface area contributed by atoms with E-state index in [-0.39, 0.29) is 5.91 Å². The molecule has 0 bridgehead atoms. The topological polar surface area (TPSA) is 68.0 Å². The maximum Gasteiger partial charge on any atom is 0.237 e. The van der Waals surface area contributed by atoms with Gasteiger partial charge in [0.05, 0.1) is 17.2 Å². The fourth-order valence-corrected chi connectivity index (χ4v) is 2.36. The van der Waals surface area contributed by atoms with E-state index in [1.807, 2.05) is 35.7 Å². The van der Waals surface area contributed by atoms with Crippen LogP contribution in [0.1, 0.15) is 11.3 Å². The normalized spacial score (nSPS) is 12.1. The molecule has 0 saturated heterocycles. The summed E-state index contributed by atoms with van der Waals surface area (Å²) in [5.74, 6) is -0.112. The molecule has 4 nitrogen and oxygen atoms in total. The maximum absolute atomic E-state index is 11.8. The summed E-state index contributed by atoms with van der Waals surface area (Å²) in [5.41, 5.74) is 9.75. The molecule has 3 N–H and O–H groups in total. The smallest absolute Gasteiger partial charge is 0.237 e. The molecule has 5 heteroatoms. The van der Waals surface area contributed by atoms with Crippen molar-refractivity contribution in [3.05, 3.63) is 52.5 Å². The predicted octanol–water partition coefficient (Wildman–Crippen LogP) is 1.37. The Morgan fingerprint density at radius 3 is 2.84 bits per heavy atom. The first kappa shape index (κ1) is 13.7. The highest BCUT2D eigenvalue weighted by molar-refractivity contribution is 7.07. The summed E-state index contributed by atoms with van der Waals surface area (Å²) in [7, 11) is 0. The highest BCUT2D eigenvalue weighted by Gasteiger charge is 2.13. The van der Waals surface area contributed by atoms with Crippen molar-refractivity contribution in [2.24, 2.45) is 5.73 Å². The molecule has 0 radical (unpaired) electrons. The third kappa shape index (κ3) is 4.46. The summed E-state index contributed by atoms with van der Waals surface area (Å²) in [6.45, 7) is 0.574. The third-order valence-corrected chi connectivity index (χ3v) is 3.43. The standard InChI is InChI=1S/C14H17N3OS/c15-13(8-11-4-2-1-3-5-11)14(18)16-7-6-12-9-19-10-17-12/h1-5,9-10,13H,6-8,15H2,(H,16,18)/t13-/m1/s1. The summed E-state index contributed by atoms with van der Waals surface area (Å²) >= 11 is 1.56. The second-order valence-corrected chi connectivity index (χ2v) is 5.04. The number of nitrogens with zero attached hydrogens (tertiary/aromatic N) is 1. The molecule has 0 spiro atoms. The van der Waals surface area contributed by atoms with Crippen LogP contribution in [0.4, 0.5) is 0 Å². The van der Waals surface area contributed by atoms with Gasteiger partial charge < -0.3 is 11.1 Å². The Labute approximate surface area is 116 Å². The number of hydrogen-bond acceptors (Lipinski definition) is 4. The van der Waals surface area contributed by atoms with Gasteiger partial charge in [0.2, 0.25) is 5.91 Å². The van der Waals surface area contributed by atoms with Gasteiger partial charge in [-0.15, -0.1) is 11.3 Å². The molecule has 0 aliphatic rings. The van der Waals surface area contributed by atoms with Gasteiger partial charge >= 0.3 is 0 Å². The minimum Gasteiger partial charge on any atom is -0.354 e. The Balaban J connectivity index is 1.73. The number of nitrogens with one attached hydrogen (secondary N) is 1. The fourth-order valence-electron chi connectivity index (χ4n) is 1.77. The number of carbonyl (C=O) groups is 1. The van der Waals surface area contributed by atoms with Gasteiger partial charge in [0.15, 0.2) is 0 Å². The summed E-state index contributed by atoms with van der Waals surface area (Å²) < 4.78 is 0. The van der Waals surface area contributed by atoms with Crippen molar-refractivity contribution in [3.8, 4) is 0 Å². The first-order chi connectivity index (χ1) is 9.25. The van der Waals surface area contributed by atoms with E-state index in [2.05, 4.69) is 10.3 Å². The minimum atomic E-state index is -0.502. The first-order valence-corrected chi connectivity index (χ1v) is 7.14. The molecule has 1 aromatic carbocycles. The van der Waals surface area contributed by atoms with Gasteiger partial charge in [-0.3, -0.25) is 4.79 Å². The van der Waals surface area contributed by atoms with Crippen molar-refractivity contribution >= 4 is 17.2 Å². The third-order valence-electron chi connectivity index (χ3n) is 2.80. The van der Waals surface area contributed by atoms with E-state index in [4.69, 9.17) is 5.73 Å². The molecule has 2 rings (SSSR count). The van der Waals surface area contributed by atoms with E-state index in [0.29, 0.717) is 13.0 Å². The lowest BCUT2D eigenvalue weighted by molar-refractivity contribution is -0.122. The van der Waals surface area contributed by atoms with E-state index in [9.17, 15) is 4.79 Å². The highest BCUT2D eigenvalue weighted by Crippen LogP contribution is 2.03. The van der Waals surface area contributed by atoms with Crippen molar-refractivity contribution in [2.45, 2.75) is 18.9 Å². The summed E-state index contributed by atoms with van der Waals surface area (Å²) in [6, 6.07) is 9.29. The van der Waals surface area contributed by atoms with Crippen LogP contribution in [-0.2, 0) is 17.6 Å². The van der Waals surface area contributed by atoms with Crippen LogP contribution in [0, 0.1) is 0 Å². The average molecular weight is 275 g/mol. The molecule has 100 valence electrons. The zero-order valence-corrected chi connectivity index (χ0v) is 11.4. The molecule has 1 aromatic heterocycles. The summed E-state index contributed by atoms with van der Waals surface area (Å²) in [4.78, 5) is 16.0. The van der Waals surface area contributed by atoms with Gasteiger partial charge in [-0.2, -0.15) is 0 Å². The van der Waals surface area contributed by atoms with Crippen LogP contribution < -0.4 is 11.1 Å². The molecule has 0 aliphatic carbocycles. The maximum atomic E-state index is 11.8.